The summed E-state index contributed by atoms with van der Waals surface area (Å²) in [7, 11) is 1.45. The van der Waals surface area contributed by atoms with Crippen molar-refractivity contribution >= 4 is 34.7 Å². The Hall–Kier alpha value is -2.15. The monoisotopic (exact) mass is 290 g/mol. The number of benzene rings is 1. The van der Waals surface area contributed by atoms with E-state index in [1.54, 1.807) is 13.1 Å². The average Bonchev–Trinajstić information content (AvgIpc) is 2.46. The van der Waals surface area contributed by atoms with Gasteiger partial charge in [0.15, 0.2) is 0 Å². The number of hydrogen-bond donors (Lipinski definition) is 2. The van der Waals surface area contributed by atoms with Crippen molar-refractivity contribution in [3.05, 3.63) is 30.5 Å². The zero-order chi connectivity index (χ0) is 14.5. The van der Waals surface area contributed by atoms with Gasteiger partial charge in [-0.25, -0.2) is 9.78 Å². The number of nitrogens with one attached hydrogen (secondary N) is 2. The molecule has 0 aliphatic heterocycles. The fourth-order valence-electron chi connectivity index (χ4n) is 1.51. The quantitative estimate of drug-likeness (QED) is 0.838. The van der Waals surface area contributed by atoms with Gasteiger partial charge < -0.3 is 5.32 Å². The van der Waals surface area contributed by atoms with Gasteiger partial charge in [0.25, 0.3) is 0 Å². The highest BCUT2D eigenvalue weighted by Crippen LogP contribution is 2.22. The van der Waals surface area contributed by atoms with Crippen LogP contribution in [0.1, 0.15) is 6.92 Å². The average molecular weight is 290 g/mol. The molecule has 6 nitrogen and oxygen atoms in total. The van der Waals surface area contributed by atoms with Crippen LogP contribution in [0.2, 0.25) is 0 Å². The lowest BCUT2D eigenvalue weighted by atomic mass is 10.3. The van der Waals surface area contributed by atoms with Crippen LogP contribution >= 0.6 is 11.8 Å². The maximum atomic E-state index is 11.7. The lowest BCUT2D eigenvalue weighted by molar-refractivity contribution is -0.119. The van der Waals surface area contributed by atoms with Crippen LogP contribution in [-0.4, -0.2) is 34.2 Å². The molecule has 0 saturated heterocycles. The summed E-state index contributed by atoms with van der Waals surface area (Å²) in [6.07, 6.45) is 1.62. The smallest absolute Gasteiger partial charge is 0.321 e. The Morgan fingerprint density at radius 2 is 1.95 bits per heavy atom. The van der Waals surface area contributed by atoms with E-state index in [0.29, 0.717) is 5.03 Å². The SMILES string of the molecule is CNC(=O)NC(=O)[C@H](C)Sc1cnc2ccccc2n1. The number of aromatic nitrogens is 2. The van der Waals surface area contributed by atoms with Gasteiger partial charge in [-0.05, 0) is 19.1 Å². The highest BCUT2D eigenvalue weighted by atomic mass is 32.2. The molecular weight excluding hydrogens is 276 g/mol. The van der Waals surface area contributed by atoms with E-state index in [9.17, 15) is 9.59 Å². The van der Waals surface area contributed by atoms with Crippen molar-refractivity contribution in [3.63, 3.8) is 0 Å². The minimum atomic E-state index is -0.521. The Morgan fingerprint density at radius 1 is 1.25 bits per heavy atom. The molecule has 0 saturated carbocycles. The number of para-hydroxylation sites is 2. The van der Waals surface area contributed by atoms with Crippen LogP contribution in [0.15, 0.2) is 35.5 Å². The summed E-state index contributed by atoms with van der Waals surface area (Å²) in [6, 6.07) is 6.99. The van der Waals surface area contributed by atoms with Gasteiger partial charge in [0, 0.05) is 7.05 Å². The molecule has 0 spiro atoms. The van der Waals surface area contributed by atoms with Crippen LogP contribution in [0.25, 0.3) is 11.0 Å². The second kappa shape index (κ2) is 6.33. The molecule has 0 aliphatic rings. The maximum Gasteiger partial charge on any atom is 0.321 e. The van der Waals surface area contributed by atoms with Gasteiger partial charge in [-0.3, -0.25) is 15.1 Å². The van der Waals surface area contributed by atoms with Crippen molar-refractivity contribution < 1.29 is 9.59 Å². The Bertz CT molecular complexity index is 647. The molecule has 7 heteroatoms. The molecule has 2 N–H and O–H groups in total. The maximum absolute atomic E-state index is 11.7. The molecule has 3 amide bonds. The van der Waals surface area contributed by atoms with Gasteiger partial charge in [0.1, 0.15) is 5.03 Å². The summed E-state index contributed by atoms with van der Waals surface area (Å²) in [5.74, 6) is -0.371. The summed E-state index contributed by atoms with van der Waals surface area (Å²) in [5.41, 5.74) is 1.58. The van der Waals surface area contributed by atoms with Crippen molar-refractivity contribution in [1.82, 2.24) is 20.6 Å². The van der Waals surface area contributed by atoms with Crippen LogP contribution in [0.3, 0.4) is 0 Å². The third-order valence-corrected chi connectivity index (χ3v) is 3.56. The highest BCUT2D eigenvalue weighted by Gasteiger charge is 2.17. The summed E-state index contributed by atoms with van der Waals surface area (Å²) < 4.78 is 0. The molecule has 1 aromatic heterocycles. The van der Waals surface area contributed by atoms with E-state index < -0.39 is 11.3 Å². The van der Waals surface area contributed by atoms with E-state index in [0.717, 1.165) is 11.0 Å². The molecule has 1 aromatic carbocycles. The first kappa shape index (κ1) is 14.3. The normalized spacial score (nSPS) is 11.9. The molecule has 0 radical (unpaired) electrons. The first-order valence-corrected chi connectivity index (χ1v) is 6.89. The number of nitrogens with zero attached hydrogens (tertiary/aromatic N) is 2. The van der Waals surface area contributed by atoms with Crippen molar-refractivity contribution in [3.8, 4) is 0 Å². The number of urea groups is 1. The first-order valence-electron chi connectivity index (χ1n) is 6.01. The van der Waals surface area contributed by atoms with Gasteiger partial charge in [-0.15, -0.1) is 0 Å². The predicted molar refractivity (Wildman–Crippen MR) is 77.5 cm³/mol. The molecule has 2 rings (SSSR count). The van der Waals surface area contributed by atoms with Crippen LogP contribution < -0.4 is 10.6 Å². The Balaban J connectivity index is 2.07. The topological polar surface area (TPSA) is 84.0 Å². The molecular formula is C13H14N4O2S. The van der Waals surface area contributed by atoms with E-state index in [4.69, 9.17) is 0 Å². The van der Waals surface area contributed by atoms with Crippen molar-refractivity contribution in [2.45, 2.75) is 17.2 Å². The number of rotatable bonds is 3. The molecule has 104 valence electrons. The lowest BCUT2D eigenvalue weighted by Crippen LogP contribution is -2.41. The number of amides is 3. The van der Waals surface area contributed by atoms with Gasteiger partial charge >= 0.3 is 6.03 Å². The van der Waals surface area contributed by atoms with E-state index >= 15 is 0 Å². The van der Waals surface area contributed by atoms with E-state index in [1.807, 2.05) is 24.3 Å². The predicted octanol–water partition coefficient (Wildman–Crippen LogP) is 1.57. The number of carbonyl (C=O) groups is 2. The standard InChI is InChI=1S/C13H14N4O2S/c1-8(12(18)17-13(19)14-2)20-11-7-15-9-5-3-4-6-10(9)16-11/h3-8H,1-2H3,(H2,14,17,18,19)/t8-/m0/s1. The van der Waals surface area contributed by atoms with E-state index in [-0.39, 0.29) is 5.91 Å². The number of carbonyl (C=O) groups excluding carboxylic acids is 2. The van der Waals surface area contributed by atoms with E-state index in [1.165, 1.54) is 18.8 Å². The fourth-order valence-corrected chi connectivity index (χ4v) is 2.30. The minimum absolute atomic E-state index is 0.371. The number of thioether (sulfide) groups is 1. The molecule has 0 unspecified atom stereocenters. The third-order valence-electron chi connectivity index (χ3n) is 2.56. The molecule has 1 atom stereocenters. The zero-order valence-electron chi connectivity index (χ0n) is 11.1. The van der Waals surface area contributed by atoms with Crippen LogP contribution in [0.4, 0.5) is 4.79 Å². The Kier molecular flexibility index (Phi) is 4.52. The lowest BCUT2D eigenvalue weighted by Gasteiger charge is -2.10. The van der Waals surface area contributed by atoms with Crippen LogP contribution in [0.5, 0.6) is 0 Å². The summed E-state index contributed by atoms with van der Waals surface area (Å²) in [4.78, 5) is 31.5. The fraction of sp³-hybridized carbons (Fsp3) is 0.231. The second-order valence-electron chi connectivity index (χ2n) is 4.03. The van der Waals surface area contributed by atoms with E-state index in [2.05, 4.69) is 20.6 Å². The van der Waals surface area contributed by atoms with Gasteiger partial charge in [-0.2, -0.15) is 0 Å². The molecule has 0 aliphatic carbocycles. The van der Waals surface area contributed by atoms with Gasteiger partial charge in [0.2, 0.25) is 5.91 Å². The van der Waals surface area contributed by atoms with Crippen LogP contribution in [-0.2, 0) is 4.79 Å². The second-order valence-corrected chi connectivity index (χ2v) is 5.39. The summed E-state index contributed by atoms with van der Waals surface area (Å²) >= 11 is 1.25. The minimum Gasteiger partial charge on any atom is -0.341 e. The zero-order valence-corrected chi connectivity index (χ0v) is 11.9. The number of hydrogen-bond acceptors (Lipinski definition) is 5. The van der Waals surface area contributed by atoms with Crippen molar-refractivity contribution in [1.29, 1.82) is 0 Å². The van der Waals surface area contributed by atoms with Gasteiger partial charge in [0.05, 0.1) is 22.5 Å². The Morgan fingerprint density at radius 3 is 2.65 bits per heavy atom. The molecule has 2 aromatic rings. The van der Waals surface area contributed by atoms with Crippen molar-refractivity contribution in [2.24, 2.45) is 0 Å². The number of imide groups is 1. The molecule has 0 bridgehead atoms. The van der Waals surface area contributed by atoms with Crippen LogP contribution in [0, 0.1) is 0 Å². The summed E-state index contributed by atoms with van der Waals surface area (Å²) in [5, 5.41) is 4.76. The summed E-state index contributed by atoms with van der Waals surface area (Å²) in [6.45, 7) is 1.71. The van der Waals surface area contributed by atoms with Crippen molar-refractivity contribution in [2.75, 3.05) is 7.05 Å². The third kappa shape index (κ3) is 3.45. The molecule has 20 heavy (non-hydrogen) atoms. The Labute approximate surface area is 120 Å². The largest absolute Gasteiger partial charge is 0.341 e. The molecule has 0 fully saturated rings. The number of fused-ring (bicyclic) bond motifs is 1. The molecule has 1 heterocycles. The first-order chi connectivity index (χ1) is 9.60. The van der Waals surface area contributed by atoms with Gasteiger partial charge in [-0.1, -0.05) is 23.9 Å². The highest BCUT2D eigenvalue weighted by molar-refractivity contribution is 8.00.